The molecule has 0 bridgehead atoms. The van der Waals surface area contributed by atoms with Gasteiger partial charge in [0.15, 0.2) is 0 Å². The molecule has 29 heavy (non-hydrogen) atoms. The topological polar surface area (TPSA) is 70.6 Å². The quantitative estimate of drug-likeness (QED) is 0.387. The van der Waals surface area contributed by atoms with Crippen LogP contribution in [0.5, 0.6) is 0 Å². The fraction of sp³-hybridized carbons (Fsp3) is 0.435. The molecule has 1 aromatic rings. The molecule has 0 heterocycles. The van der Waals surface area contributed by atoms with E-state index >= 15 is 0 Å². The lowest BCUT2D eigenvalue weighted by atomic mass is 9.80. The van der Waals surface area contributed by atoms with E-state index in [1.807, 2.05) is 0 Å². The van der Waals surface area contributed by atoms with Gasteiger partial charge in [-0.1, -0.05) is 36.3 Å². The lowest BCUT2D eigenvalue weighted by Gasteiger charge is -2.25. The molecule has 1 aliphatic rings. The third-order valence-electron chi connectivity index (χ3n) is 4.96. The van der Waals surface area contributed by atoms with Crippen LogP contribution in [0.25, 0.3) is 0 Å². The number of hydrogen-bond acceptors (Lipinski definition) is 3. The summed E-state index contributed by atoms with van der Waals surface area (Å²) in [6.07, 6.45) is 10.5. The maximum absolute atomic E-state index is 13.1. The molecule has 0 spiro atoms. The summed E-state index contributed by atoms with van der Waals surface area (Å²) in [7, 11) is 0. The SMILES string of the molecule is CC(C)=CCCC1=CC[C@H](/C=N\NC(=O)CNC(=O)c2cccc(F)c2)[C@@H](C)C1. The minimum absolute atomic E-state index is 0.171. The fourth-order valence-corrected chi connectivity index (χ4v) is 3.28. The molecule has 6 heteroatoms. The molecule has 0 saturated carbocycles. The molecule has 156 valence electrons. The molecule has 2 rings (SSSR count). The summed E-state index contributed by atoms with van der Waals surface area (Å²) in [5.74, 6) is -0.676. The van der Waals surface area contributed by atoms with Gasteiger partial charge >= 0.3 is 0 Å². The Morgan fingerprint density at radius 2 is 2.10 bits per heavy atom. The highest BCUT2D eigenvalue weighted by Gasteiger charge is 2.20. The van der Waals surface area contributed by atoms with Crippen molar-refractivity contribution >= 4 is 18.0 Å². The zero-order valence-corrected chi connectivity index (χ0v) is 17.4. The zero-order valence-electron chi connectivity index (χ0n) is 17.4. The predicted molar refractivity (Wildman–Crippen MR) is 114 cm³/mol. The number of nitrogens with one attached hydrogen (secondary N) is 2. The Balaban J connectivity index is 1.73. The van der Waals surface area contributed by atoms with Crippen LogP contribution in [0.2, 0.25) is 0 Å². The highest BCUT2D eigenvalue weighted by Crippen LogP contribution is 2.30. The van der Waals surface area contributed by atoms with E-state index in [0.29, 0.717) is 5.92 Å². The number of nitrogens with zero attached hydrogens (tertiary/aromatic N) is 1. The number of amides is 2. The number of benzene rings is 1. The summed E-state index contributed by atoms with van der Waals surface area (Å²) >= 11 is 0. The molecule has 1 aliphatic carbocycles. The standard InChI is InChI=1S/C23H30FN3O2/c1-16(2)6-4-7-18-10-11-20(17(3)12-18)14-26-27-22(28)15-25-23(29)19-8-5-9-21(24)13-19/h5-6,8-10,13-14,17,20H,4,7,11-12,15H2,1-3H3,(H,25,29)(H,27,28)/b26-14-/t17-,20+/m0/s1. The highest BCUT2D eigenvalue weighted by atomic mass is 19.1. The number of allylic oxidation sites excluding steroid dienone is 4. The van der Waals surface area contributed by atoms with Crippen LogP contribution in [0.1, 0.15) is 56.8 Å². The average molecular weight is 400 g/mol. The largest absolute Gasteiger partial charge is 0.343 e. The Kier molecular flexibility index (Phi) is 8.77. The van der Waals surface area contributed by atoms with Crippen LogP contribution < -0.4 is 10.7 Å². The fourth-order valence-electron chi connectivity index (χ4n) is 3.28. The van der Waals surface area contributed by atoms with E-state index in [1.165, 1.54) is 29.3 Å². The van der Waals surface area contributed by atoms with Crippen LogP contribution >= 0.6 is 0 Å². The van der Waals surface area contributed by atoms with Crippen molar-refractivity contribution < 1.29 is 14.0 Å². The number of carbonyl (C=O) groups is 2. The van der Waals surface area contributed by atoms with Gasteiger partial charge in [0, 0.05) is 17.7 Å². The lowest BCUT2D eigenvalue weighted by molar-refractivity contribution is -0.120. The first kappa shape index (κ1) is 22.5. The van der Waals surface area contributed by atoms with Crippen LogP contribution in [0, 0.1) is 17.7 Å². The predicted octanol–water partition coefficient (Wildman–Crippen LogP) is 4.38. The van der Waals surface area contributed by atoms with E-state index in [0.717, 1.165) is 31.7 Å². The molecule has 0 aliphatic heterocycles. The number of rotatable bonds is 8. The number of carbonyl (C=O) groups excluding carboxylic acids is 2. The summed E-state index contributed by atoms with van der Waals surface area (Å²) in [6, 6.07) is 5.31. The van der Waals surface area contributed by atoms with E-state index in [1.54, 1.807) is 6.21 Å². The summed E-state index contributed by atoms with van der Waals surface area (Å²) in [5.41, 5.74) is 5.45. The third-order valence-corrected chi connectivity index (χ3v) is 4.96. The van der Waals surface area contributed by atoms with Gasteiger partial charge in [-0.05, 0) is 63.6 Å². The van der Waals surface area contributed by atoms with Crippen LogP contribution in [0.3, 0.4) is 0 Å². The van der Waals surface area contributed by atoms with Gasteiger partial charge in [0.1, 0.15) is 5.82 Å². The van der Waals surface area contributed by atoms with Crippen molar-refractivity contribution in [2.75, 3.05) is 6.54 Å². The molecular formula is C23H30FN3O2. The molecule has 0 radical (unpaired) electrons. The number of hydrogen-bond donors (Lipinski definition) is 2. The van der Waals surface area contributed by atoms with Crippen molar-refractivity contribution in [1.29, 1.82) is 0 Å². The normalized spacial score (nSPS) is 18.8. The number of hydrazone groups is 1. The van der Waals surface area contributed by atoms with E-state index in [4.69, 9.17) is 0 Å². The Hall–Kier alpha value is -2.76. The van der Waals surface area contributed by atoms with Gasteiger partial charge in [0.05, 0.1) is 6.54 Å². The van der Waals surface area contributed by atoms with Gasteiger partial charge in [-0.15, -0.1) is 0 Å². The van der Waals surface area contributed by atoms with Gasteiger partial charge in [0.25, 0.3) is 11.8 Å². The molecule has 2 N–H and O–H groups in total. The number of halogens is 1. The molecule has 2 amide bonds. The van der Waals surface area contributed by atoms with Crippen molar-refractivity contribution in [2.24, 2.45) is 16.9 Å². The third kappa shape index (κ3) is 8.02. The van der Waals surface area contributed by atoms with Crippen molar-refractivity contribution in [3.63, 3.8) is 0 Å². The first-order valence-corrected chi connectivity index (χ1v) is 10.0. The maximum atomic E-state index is 13.1. The van der Waals surface area contributed by atoms with Crippen LogP contribution in [-0.2, 0) is 4.79 Å². The minimum Gasteiger partial charge on any atom is -0.343 e. The first-order chi connectivity index (χ1) is 13.8. The second kappa shape index (κ2) is 11.3. The minimum atomic E-state index is -0.504. The van der Waals surface area contributed by atoms with Crippen molar-refractivity contribution in [2.45, 2.75) is 46.5 Å². The van der Waals surface area contributed by atoms with Gasteiger partial charge in [0.2, 0.25) is 0 Å². The molecule has 1 aromatic carbocycles. The molecule has 0 saturated heterocycles. The molecule has 0 fully saturated rings. The second-order valence-electron chi connectivity index (χ2n) is 7.77. The second-order valence-corrected chi connectivity index (χ2v) is 7.77. The van der Waals surface area contributed by atoms with Crippen molar-refractivity contribution in [3.05, 3.63) is 58.9 Å². The van der Waals surface area contributed by atoms with Crippen molar-refractivity contribution in [1.82, 2.24) is 10.7 Å². The Labute approximate surface area is 172 Å². The summed E-state index contributed by atoms with van der Waals surface area (Å²) in [6.45, 7) is 6.21. The van der Waals surface area contributed by atoms with Gasteiger partial charge < -0.3 is 5.32 Å². The molecule has 0 aromatic heterocycles. The zero-order chi connectivity index (χ0) is 21.2. The Bertz CT molecular complexity index is 810. The van der Waals surface area contributed by atoms with Crippen LogP contribution in [-0.4, -0.2) is 24.6 Å². The highest BCUT2D eigenvalue weighted by molar-refractivity contribution is 5.96. The van der Waals surface area contributed by atoms with E-state index in [-0.39, 0.29) is 18.0 Å². The van der Waals surface area contributed by atoms with E-state index in [9.17, 15) is 14.0 Å². The monoisotopic (exact) mass is 399 g/mol. The van der Waals surface area contributed by atoms with Gasteiger partial charge in [-0.3, -0.25) is 9.59 Å². The lowest BCUT2D eigenvalue weighted by Crippen LogP contribution is -2.35. The first-order valence-electron chi connectivity index (χ1n) is 10.0. The van der Waals surface area contributed by atoms with Gasteiger partial charge in [-0.2, -0.15) is 5.10 Å². The summed E-state index contributed by atoms with van der Waals surface area (Å²) in [5, 5.41) is 6.50. The van der Waals surface area contributed by atoms with Crippen LogP contribution in [0.15, 0.2) is 52.7 Å². The molecule has 0 unspecified atom stereocenters. The van der Waals surface area contributed by atoms with Crippen LogP contribution in [0.4, 0.5) is 4.39 Å². The molecule has 5 nitrogen and oxygen atoms in total. The van der Waals surface area contributed by atoms with Gasteiger partial charge in [-0.25, -0.2) is 9.82 Å². The van der Waals surface area contributed by atoms with E-state index < -0.39 is 17.6 Å². The Morgan fingerprint density at radius 3 is 2.79 bits per heavy atom. The van der Waals surface area contributed by atoms with Crippen molar-refractivity contribution in [3.8, 4) is 0 Å². The molecular weight excluding hydrogens is 369 g/mol. The summed E-state index contributed by atoms with van der Waals surface area (Å²) in [4.78, 5) is 23.8. The van der Waals surface area contributed by atoms with E-state index in [2.05, 4.69) is 48.8 Å². The smallest absolute Gasteiger partial charge is 0.259 e. The summed E-state index contributed by atoms with van der Waals surface area (Å²) < 4.78 is 13.1. The Morgan fingerprint density at radius 1 is 1.31 bits per heavy atom. The average Bonchev–Trinajstić information content (AvgIpc) is 2.67. The maximum Gasteiger partial charge on any atom is 0.259 e. The molecule has 2 atom stereocenters.